The molecule has 0 N–H and O–H groups in total. The minimum absolute atomic E-state index is 0.235. The van der Waals surface area contributed by atoms with Gasteiger partial charge in [-0.05, 0) is 12.3 Å². The Morgan fingerprint density at radius 2 is 2.18 bits per heavy atom. The maximum absolute atomic E-state index is 12.0. The summed E-state index contributed by atoms with van der Waals surface area (Å²) in [5.41, 5.74) is 0.235. The van der Waals surface area contributed by atoms with Crippen molar-refractivity contribution in [1.82, 2.24) is 14.9 Å². The van der Waals surface area contributed by atoms with Gasteiger partial charge in [-0.2, -0.15) is 0 Å². The molecule has 1 radical (unpaired) electrons. The molecule has 0 aliphatic rings. The first kappa shape index (κ1) is 13.3. The van der Waals surface area contributed by atoms with Crippen LogP contribution in [0.25, 0.3) is 0 Å². The second-order valence-electron chi connectivity index (χ2n) is 4.27. The van der Waals surface area contributed by atoms with E-state index in [1.54, 1.807) is 7.05 Å². The van der Waals surface area contributed by atoms with E-state index in [2.05, 4.69) is 9.97 Å². The lowest BCUT2D eigenvalue weighted by Gasteiger charge is -2.23. The number of hydrogen-bond donors (Lipinski definition) is 0. The predicted octanol–water partition coefficient (Wildman–Crippen LogP) is 1.07. The van der Waals surface area contributed by atoms with Crippen LogP contribution in [-0.2, 0) is 4.79 Å². The van der Waals surface area contributed by atoms with Crippen molar-refractivity contribution in [3.8, 4) is 0 Å². The third-order valence-corrected chi connectivity index (χ3v) is 2.40. The molecule has 1 heterocycles. The lowest BCUT2D eigenvalue weighted by molar-refractivity contribution is 0.0750. The SMILES string of the molecule is CC(C)C[C@@H]([C]=O)N(C)C(=O)c1cnccn1. The fraction of sp³-hybridized carbons (Fsp3) is 0.500. The van der Waals surface area contributed by atoms with E-state index in [4.69, 9.17) is 0 Å². The highest BCUT2D eigenvalue weighted by Gasteiger charge is 2.23. The van der Waals surface area contributed by atoms with Crippen molar-refractivity contribution < 1.29 is 9.59 Å². The Balaban J connectivity index is 2.78. The zero-order chi connectivity index (χ0) is 12.8. The van der Waals surface area contributed by atoms with Crippen molar-refractivity contribution in [2.75, 3.05) is 7.05 Å². The minimum atomic E-state index is -0.537. The van der Waals surface area contributed by atoms with E-state index in [0.29, 0.717) is 12.3 Å². The van der Waals surface area contributed by atoms with Crippen molar-refractivity contribution in [1.29, 1.82) is 0 Å². The summed E-state index contributed by atoms with van der Waals surface area (Å²) in [4.78, 5) is 31.9. The molecule has 5 nitrogen and oxygen atoms in total. The highest BCUT2D eigenvalue weighted by atomic mass is 16.2. The molecule has 0 unspecified atom stereocenters. The zero-order valence-electron chi connectivity index (χ0n) is 10.3. The van der Waals surface area contributed by atoms with Crippen LogP contribution < -0.4 is 0 Å². The fourth-order valence-corrected chi connectivity index (χ4v) is 1.46. The molecule has 0 fully saturated rings. The molecule has 1 atom stereocenters. The summed E-state index contributed by atoms with van der Waals surface area (Å²) in [7, 11) is 1.58. The molecule has 5 heteroatoms. The van der Waals surface area contributed by atoms with Gasteiger partial charge in [-0.1, -0.05) is 13.8 Å². The van der Waals surface area contributed by atoms with Gasteiger partial charge in [-0.25, -0.2) is 4.98 Å². The topological polar surface area (TPSA) is 63.2 Å². The molecule has 0 saturated carbocycles. The molecule has 0 aromatic carbocycles. The first-order chi connectivity index (χ1) is 8.06. The van der Waals surface area contributed by atoms with Crippen molar-refractivity contribution in [2.45, 2.75) is 26.3 Å². The Morgan fingerprint density at radius 3 is 2.65 bits per heavy atom. The summed E-state index contributed by atoms with van der Waals surface area (Å²) >= 11 is 0. The maximum atomic E-state index is 12.0. The number of carbonyl (C=O) groups excluding carboxylic acids is 2. The highest BCUT2D eigenvalue weighted by Crippen LogP contribution is 2.10. The van der Waals surface area contributed by atoms with Crippen molar-refractivity contribution >= 4 is 12.2 Å². The van der Waals surface area contributed by atoms with Gasteiger partial charge in [0.2, 0.25) is 6.29 Å². The Morgan fingerprint density at radius 1 is 1.47 bits per heavy atom. The Bertz CT molecular complexity index is 379. The lowest BCUT2D eigenvalue weighted by Crippen LogP contribution is -2.39. The molecule has 0 bridgehead atoms. The van der Waals surface area contributed by atoms with E-state index in [0.717, 1.165) is 0 Å². The molecule has 1 aromatic heterocycles. The normalized spacial score (nSPS) is 12.2. The molecular weight excluding hydrogens is 218 g/mol. The molecule has 91 valence electrons. The molecule has 0 aliphatic heterocycles. The number of amides is 1. The molecule has 17 heavy (non-hydrogen) atoms. The van der Waals surface area contributed by atoms with E-state index >= 15 is 0 Å². The fourth-order valence-electron chi connectivity index (χ4n) is 1.46. The maximum Gasteiger partial charge on any atom is 0.274 e. The van der Waals surface area contributed by atoms with Crippen LogP contribution in [-0.4, -0.2) is 40.2 Å². The van der Waals surface area contributed by atoms with Crippen LogP contribution in [0.15, 0.2) is 18.6 Å². The summed E-state index contributed by atoms with van der Waals surface area (Å²) in [5, 5.41) is 0. The third-order valence-electron chi connectivity index (χ3n) is 2.40. The monoisotopic (exact) mass is 234 g/mol. The number of hydrogen-bond acceptors (Lipinski definition) is 4. The average molecular weight is 234 g/mol. The summed E-state index contributed by atoms with van der Waals surface area (Å²) in [6, 6.07) is -0.537. The molecule has 0 spiro atoms. The smallest absolute Gasteiger partial charge is 0.274 e. The van der Waals surface area contributed by atoms with Crippen molar-refractivity contribution in [3.05, 3.63) is 24.3 Å². The van der Waals surface area contributed by atoms with Crippen molar-refractivity contribution in [2.24, 2.45) is 5.92 Å². The van der Waals surface area contributed by atoms with Gasteiger partial charge in [0, 0.05) is 19.4 Å². The van der Waals surface area contributed by atoms with Crippen LogP contribution in [0.3, 0.4) is 0 Å². The summed E-state index contributed by atoms with van der Waals surface area (Å²) in [5.74, 6) is 0.00524. The summed E-state index contributed by atoms with van der Waals surface area (Å²) < 4.78 is 0. The van der Waals surface area contributed by atoms with Gasteiger partial charge in [0.25, 0.3) is 5.91 Å². The molecule has 0 aliphatic carbocycles. The van der Waals surface area contributed by atoms with Crippen LogP contribution >= 0.6 is 0 Å². The van der Waals surface area contributed by atoms with E-state index in [1.807, 2.05) is 20.1 Å². The van der Waals surface area contributed by atoms with Crippen LogP contribution in [0, 0.1) is 5.92 Å². The van der Waals surface area contributed by atoms with Crippen LogP contribution in [0.4, 0.5) is 0 Å². The standard InChI is InChI=1S/C12H16N3O2/c1-9(2)6-10(8-16)15(3)12(17)11-7-13-4-5-14-11/h4-5,7,9-10H,6H2,1-3H3/t10-/m0/s1. The van der Waals surface area contributed by atoms with Gasteiger partial charge in [0.1, 0.15) is 5.69 Å². The molecular formula is C12H16N3O2. The van der Waals surface area contributed by atoms with Gasteiger partial charge >= 0.3 is 0 Å². The van der Waals surface area contributed by atoms with Gasteiger partial charge in [0.15, 0.2) is 0 Å². The quantitative estimate of drug-likeness (QED) is 0.764. The molecule has 1 rings (SSSR count). The van der Waals surface area contributed by atoms with Crippen LogP contribution in [0.1, 0.15) is 30.8 Å². The number of carbonyl (C=O) groups is 1. The zero-order valence-corrected chi connectivity index (χ0v) is 10.3. The van der Waals surface area contributed by atoms with E-state index in [1.165, 1.54) is 23.5 Å². The average Bonchev–Trinajstić information content (AvgIpc) is 2.35. The van der Waals surface area contributed by atoms with Gasteiger partial charge < -0.3 is 4.90 Å². The first-order valence-electron chi connectivity index (χ1n) is 5.47. The second-order valence-corrected chi connectivity index (χ2v) is 4.27. The van der Waals surface area contributed by atoms with Crippen LogP contribution in [0.5, 0.6) is 0 Å². The van der Waals surface area contributed by atoms with Gasteiger partial charge in [-0.15, -0.1) is 0 Å². The Hall–Kier alpha value is -1.78. The molecule has 1 amide bonds. The number of rotatable bonds is 5. The Kier molecular flexibility index (Phi) is 4.75. The summed E-state index contributed by atoms with van der Waals surface area (Å²) in [6.45, 7) is 3.98. The van der Waals surface area contributed by atoms with E-state index in [-0.39, 0.29) is 11.6 Å². The van der Waals surface area contributed by atoms with Crippen molar-refractivity contribution in [3.63, 3.8) is 0 Å². The number of aromatic nitrogens is 2. The number of likely N-dealkylation sites (N-methyl/N-ethyl adjacent to an activating group) is 1. The molecule has 1 aromatic rings. The molecule has 0 saturated heterocycles. The van der Waals surface area contributed by atoms with E-state index in [9.17, 15) is 9.59 Å². The van der Waals surface area contributed by atoms with Crippen LogP contribution in [0.2, 0.25) is 0 Å². The predicted molar refractivity (Wildman–Crippen MR) is 63.1 cm³/mol. The Labute approximate surface area is 101 Å². The largest absolute Gasteiger partial charge is 0.330 e. The third kappa shape index (κ3) is 3.62. The van der Waals surface area contributed by atoms with Gasteiger partial charge in [0.05, 0.1) is 12.2 Å². The first-order valence-corrected chi connectivity index (χ1v) is 5.47. The second kappa shape index (κ2) is 6.08. The summed E-state index contributed by atoms with van der Waals surface area (Å²) in [6.07, 6.45) is 6.81. The van der Waals surface area contributed by atoms with Gasteiger partial charge in [-0.3, -0.25) is 14.6 Å². The minimum Gasteiger partial charge on any atom is -0.330 e. The lowest BCUT2D eigenvalue weighted by atomic mass is 10.0. The highest BCUT2D eigenvalue weighted by molar-refractivity contribution is 5.93. The number of nitrogens with zero attached hydrogens (tertiary/aromatic N) is 3. The van der Waals surface area contributed by atoms with E-state index < -0.39 is 6.04 Å².